The molecule has 0 aliphatic heterocycles. The quantitative estimate of drug-likeness (QED) is 0.621. The van der Waals surface area contributed by atoms with Crippen molar-refractivity contribution < 1.29 is 4.79 Å². The fourth-order valence-electron chi connectivity index (χ4n) is 1.35. The van der Waals surface area contributed by atoms with Gasteiger partial charge < -0.3 is 10.2 Å². The highest BCUT2D eigenvalue weighted by molar-refractivity contribution is 5.76. The Hall–Kier alpha value is -0.570. The van der Waals surface area contributed by atoms with Crippen LogP contribution in [0.1, 0.15) is 26.2 Å². The molecule has 3 heteroatoms. The number of nitrogens with one attached hydrogen (secondary N) is 1. The van der Waals surface area contributed by atoms with E-state index >= 15 is 0 Å². The van der Waals surface area contributed by atoms with Gasteiger partial charge in [-0.2, -0.15) is 0 Å². The Morgan fingerprint density at radius 3 is 2.77 bits per heavy atom. The molecule has 0 aromatic rings. The number of carbonyl (C=O) groups is 1. The van der Waals surface area contributed by atoms with Gasteiger partial charge in [0.05, 0.1) is 0 Å². The van der Waals surface area contributed by atoms with Crippen molar-refractivity contribution >= 4 is 5.91 Å². The Kier molecular flexibility index (Phi) is 4.22. The average molecular weight is 184 g/mol. The zero-order chi connectivity index (χ0) is 9.68. The molecule has 13 heavy (non-hydrogen) atoms. The van der Waals surface area contributed by atoms with Crippen molar-refractivity contribution in [2.75, 3.05) is 26.7 Å². The molecule has 0 aromatic carbocycles. The third kappa shape index (κ3) is 4.27. The smallest absolute Gasteiger partial charge is 0.223 e. The summed E-state index contributed by atoms with van der Waals surface area (Å²) in [4.78, 5) is 13.3. The molecular weight excluding hydrogens is 164 g/mol. The van der Waals surface area contributed by atoms with E-state index in [1.807, 2.05) is 11.9 Å². The molecular formula is C10H20N2O. The second-order valence-electron chi connectivity index (χ2n) is 3.82. The minimum absolute atomic E-state index is 0.271. The molecule has 0 radical (unpaired) electrons. The number of hydrogen-bond donors (Lipinski definition) is 1. The van der Waals surface area contributed by atoms with Crippen LogP contribution in [0.4, 0.5) is 0 Å². The number of rotatable bonds is 6. The molecule has 0 aromatic heterocycles. The second kappa shape index (κ2) is 5.22. The summed E-state index contributed by atoms with van der Waals surface area (Å²) in [7, 11) is 1.91. The van der Waals surface area contributed by atoms with Gasteiger partial charge in [0.15, 0.2) is 0 Å². The number of hydrogen-bond acceptors (Lipinski definition) is 2. The molecule has 1 fully saturated rings. The Morgan fingerprint density at radius 1 is 1.54 bits per heavy atom. The molecule has 0 spiro atoms. The molecule has 1 aliphatic carbocycles. The molecule has 1 saturated carbocycles. The van der Waals surface area contributed by atoms with Crippen LogP contribution >= 0.6 is 0 Å². The van der Waals surface area contributed by atoms with Crippen molar-refractivity contribution in [2.45, 2.75) is 26.2 Å². The first-order valence-electron chi connectivity index (χ1n) is 5.18. The number of carbonyl (C=O) groups excluding carboxylic acids is 1. The van der Waals surface area contributed by atoms with Crippen LogP contribution in [0.15, 0.2) is 0 Å². The lowest BCUT2D eigenvalue weighted by Crippen LogP contribution is -2.31. The lowest BCUT2D eigenvalue weighted by Gasteiger charge is -2.16. The molecule has 0 saturated heterocycles. The van der Waals surface area contributed by atoms with Crippen molar-refractivity contribution in [1.29, 1.82) is 0 Å². The van der Waals surface area contributed by atoms with E-state index in [1.54, 1.807) is 0 Å². The summed E-state index contributed by atoms with van der Waals surface area (Å²) in [6.07, 6.45) is 3.26. The van der Waals surface area contributed by atoms with Crippen LogP contribution in [0.2, 0.25) is 0 Å². The van der Waals surface area contributed by atoms with Gasteiger partial charge in [-0.1, -0.05) is 6.92 Å². The summed E-state index contributed by atoms with van der Waals surface area (Å²) < 4.78 is 0. The maximum atomic E-state index is 11.5. The Balaban J connectivity index is 2.05. The highest BCUT2D eigenvalue weighted by atomic mass is 16.2. The molecule has 0 atom stereocenters. The molecule has 1 amide bonds. The molecule has 3 nitrogen and oxygen atoms in total. The van der Waals surface area contributed by atoms with E-state index in [9.17, 15) is 4.79 Å². The van der Waals surface area contributed by atoms with Crippen molar-refractivity contribution in [1.82, 2.24) is 10.2 Å². The third-order valence-corrected chi connectivity index (χ3v) is 2.42. The van der Waals surface area contributed by atoms with E-state index in [2.05, 4.69) is 12.2 Å². The summed E-state index contributed by atoms with van der Waals surface area (Å²) in [5.41, 5.74) is 0. The Morgan fingerprint density at radius 2 is 2.23 bits per heavy atom. The van der Waals surface area contributed by atoms with Crippen molar-refractivity contribution in [3.63, 3.8) is 0 Å². The summed E-state index contributed by atoms with van der Waals surface area (Å²) in [5.74, 6) is 1.07. The topological polar surface area (TPSA) is 32.3 Å². The summed E-state index contributed by atoms with van der Waals surface area (Å²) in [6, 6.07) is 0. The first-order valence-corrected chi connectivity index (χ1v) is 5.18. The van der Waals surface area contributed by atoms with Gasteiger partial charge in [0.25, 0.3) is 0 Å². The lowest BCUT2D eigenvalue weighted by molar-refractivity contribution is -0.130. The van der Waals surface area contributed by atoms with Crippen LogP contribution in [0.25, 0.3) is 0 Å². The molecule has 1 N–H and O–H groups in total. The van der Waals surface area contributed by atoms with Gasteiger partial charge in [-0.3, -0.25) is 4.79 Å². The van der Waals surface area contributed by atoms with Crippen molar-refractivity contribution in [2.24, 2.45) is 5.92 Å². The third-order valence-electron chi connectivity index (χ3n) is 2.42. The van der Waals surface area contributed by atoms with Gasteiger partial charge in [-0.25, -0.2) is 0 Å². The van der Waals surface area contributed by atoms with Crippen LogP contribution in [0.3, 0.4) is 0 Å². The lowest BCUT2D eigenvalue weighted by atomic mass is 10.3. The van der Waals surface area contributed by atoms with E-state index in [0.29, 0.717) is 6.42 Å². The predicted molar refractivity (Wildman–Crippen MR) is 53.5 cm³/mol. The van der Waals surface area contributed by atoms with Crippen LogP contribution < -0.4 is 5.32 Å². The molecule has 0 unspecified atom stereocenters. The normalized spacial score (nSPS) is 15.8. The fraction of sp³-hybridized carbons (Fsp3) is 0.900. The van der Waals surface area contributed by atoms with Crippen LogP contribution in [0, 0.1) is 5.92 Å². The van der Waals surface area contributed by atoms with Crippen LogP contribution in [-0.4, -0.2) is 37.5 Å². The second-order valence-corrected chi connectivity index (χ2v) is 3.82. The first kappa shape index (κ1) is 10.5. The maximum absolute atomic E-state index is 11.5. The van der Waals surface area contributed by atoms with Crippen molar-refractivity contribution in [3.05, 3.63) is 0 Å². The Labute approximate surface area is 80.5 Å². The standard InChI is InChI=1S/C10H20N2O/c1-3-11-7-6-10(13)12(2)8-9-4-5-9/h9,11H,3-8H2,1-2H3. The minimum atomic E-state index is 0.271. The van der Waals surface area contributed by atoms with Gasteiger partial charge in [0.2, 0.25) is 5.91 Å². The molecule has 1 rings (SSSR count). The zero-order valence-corrected chi connectivity index (χ0v) is 8.68. The molecule has 0 bridgehead atoms. The predicted octanol–water partition coefficient (Wildman–Crippen LogP) is 0.854. The largest absolute Gasteiger partial charge is 0.345 e. The molecule has 1 aliphatic rings. The van der Waals surface area contributed by atoms with Gasteiger partial charge in [0, 0.05) is 26.6 Å². The van der Waals surface area contributed by atoms with E-state index in [4.69, 9.17) is 0 Å². The van der Waals surface area contributed by atoms with Gasteiger partial charge in [-0.05, 0) is 25.3 Å². The SMILES string of the molecule is CCNCCC(=O)N(C)CC1CC1. The molecule has 76 valence electrons. The van der Waals surface area contributed by atoms with E-state index in [1.165, 1.54) is 12.8 Å². The van der Waals surface area contributed by atoms with E-state index < -0.39 is 0 Å². The first-order chi connectivity index (χ1) is 6.24. The Bertz CT molecular complexity index is 166. The average Bonchev–Trinajstić information content (AvgIpc) is 2.88. The van der Waals surface area contributed by atoms with Gasteiger partial charge in [0.1, 0.15) is 0 Å². The van der Waals surface area contributed by atoms with Crippen LogP contribution in [-0.2, 0) is 4.79 Å². The maximum Gasteiger partial charge on any atom is 0.223 e. The summed E-state index contributed by atoms with van der Waals surface area (Å²) in [5, 5.41) is 3.16. The van der Waals surface area contributed by atoms with E-state index in [-0.39, 0.29) is 5.91 Å². The fourth-order valence-corrected chi connectivity index (χ4v) is 1.35. The number of nitrogens with zero attached hydrogens (tertiary/aromatic N) is 1. The highest BCUT2D eigenvalue weighted by Gasteiger charge is 2.24. The minimum Gasteiger partial charge on any atom is -0.345 e. The van der Waals surface area contributed by atoms with Crippen molar-refractivity contribution in [3.8, 4) is 0 Å². The summed E-state index contributed by atoms with van der Waals surface area (Å²) in [6.45, 7) is 4.77. The van der Waals surface area contributed by atoms with Gasteiger partial charge >= 0.3 is 0 Å². The van der Waals surface area contributed by atoms with E-state index in [0.717, 1.165) is 25.6 Å². The summed E-state index contributed by atoms with van der Waals surface area (Å²) >= 11 is 0. The van der Waals surface area contributed by atoms with Crippen LogP contribution in [0.5, 0.6) is 0 Å². The monoisotopic (exact) mass is 184 g/mol. The highest BCUT2D eigenvalue weighted by Crippen LogP contribution is 2.29. The number of amides is 1. The molecule has 0 heterocycles. The van der Waals surface area contributed by atoms with Gasteiger partial charge in [-0.15, -0.1) is 0 Å². The zero-order valence-electron chi connectivity index (χ0n) is 8.68.